The van der Waals surface area contributed by atoms with Crippen molar-refractivity contribution in [2.45, 2.75) is 32.3 Å². The van der Waals surface area contributed by atoms with Crippen LogP contribution in [0.1, 0.15) is 53.3 Å². The van der Waals surface area contributed by atoms with Gasteiger partial charge in [-0.3, -0.25) is 9.48 Å². The third-order valence-electron chi connectivity index (χ3n) is 5.91. The minimum absolute atomic E-state index is 0.258. The summed E-state index contributed by atoms with van der Waals surface area (Å²) in [6, 6.07) is 8.48. The normalized spacial score (nSPS) is 13.5. The smallest absolute Gasteiger partial charge is 0.389 e. The summed E-state index contributed by atoms with van der Waals surface area (Å²) in [5, 5.41) is 28.6. The van der Waals surface area contributed by atoms with Gasteiger partial charge in [0.1, 0.15) is 17.2 Å². The molecule has 1 saturated carbocycles. The first-order valence-corrected chi connectivity index (χ1v) is 12.4. The number of carbonyl (C=O) groups excluding carboxylic acids is 1. The lowest BCUT2D eigenvalue weighted by Gasteiger charge is -2.14. The lowest BCUT2D eigenvalue weighted by atomic mass is 10.1. The third-order valence-corrected chi connectivity index (χ3v) is 6.34. The molecule has 13 heteroatoms. The molecule has 3 heterocycles. The van der Waals surface area contributed by atoms with Crippen molar-refractivity contribution in [2.24, 2.45) is 13.0 Å². The number of aliphatic hydroxyl groups is 1. The van der Waals surface area contributed by atoms with Crippen LogP contribution in [0.3, 0.4) is 0 Å². The molecule has 1 atom stereocenters. The van der Waals surface area contributed by atoms with Gasteiger partial charge >= 0.3 is 5.82 Å². The van der Waals surface area contributed by atoms with Gasteiger partial charge in [-0.25, -0.2) is 9.07 Å². The highest BCUT2D eigenvalue weighted by Crippen LogP contribution is 2.33. The highest BCUT2D eigenvalue weighted by atomic mass is 79.9. The van der Waals surface area contributed by atoms with Crippen molar-refractivity contribution in [3.63, 3.8) is 0 Å². The van der Waals surface area contributed by atoms with Gasteiger partial charge in [0.15, 0.2) is 6.20 Å². The molecule has 0 saturated heterocycles. The second-order valence-electron chi connectivity index (χ2n) is 8.84. The van der Waals surface area contributed by atoms with E-state index in [4.69, 9.17) is 0 Å². The minimum Gasteiger partial charge on any atom is -0.389 e. The van der Waals surface area contributed by atoms with Crippen LogP contribution < -0.4 is 0 Å². The van der Waals surface area contributed by atoms with E-state index in [1.165, 1.54) is 48.1 Å². The van der Waals surface area contributed by atoms with Crippen molar-refractivity contribution < 1.29 is 23.6 Å². The van der Waals surface area contributed by atoms with Crippen LogP contribution in [0, 0.1) is 27.7 Å². The van der Waals surface area contributed by atoms with E-state index in [0.29, 0.717) is 33.0 Å². The highest BCUT2D eigenvalue weighted by molar-refractivity contribution is 9.10. The zero-order chi connectivity index (χ0) is 27.6. The number of nitro groups is 1. The van der Waals surface area contributed by atoms with E-state index in [1.54, 1.807) is 17.7 Å². The number of aliphatic hydroxyl groups excluding tert-OH is 1. The second kappa shape index (κ2) is 11.3. The number of hydrogen-bond acceptors (Lipinski definition) is 7. The van der Waals surface area contributed by atoms with E-state index in [0.717, 1.165) is 18.2 Å². The average Bonchev–Trinajstić information content (AvgIpc) is 3.40. The van der Waals surface area contributed by atoms with Crippen molar-refractivity contribution >= 4 is 27.5 Å². The number of hydrogen-bond donors (Lipinski definition) is 1. The summed E-state index contributed by atoms with van der Waals surface area (Å²) in [5.41, 5.74) is 2.55. The van der Waals surface area contributed by atoms with Crippen LogP contribution in [-0.2, 0) is 13.5 Å². The number of aryl methyl sites for hydroxylation is 1. The van der Waals surface area contributed by atoms with E-state index in [2.05, 4.69) is 31.1 Å². The van der Waals surface area contributed by atoms with Crippen molar-refractivity contribution in [1.29, 1.82) is 0 Å². The Bertz CT molecular complexity index is 1500. The number of carbonyl (C=O) groups is 1. The van der Waals surface area contributed by atoms with Crippen molar-refractivity contribution in [2.75, 3.05) is 0 Å². The Labute approximate surface area is 224 Å². The molecule has 10 nitrogen and oxygen atoms in total. The van der Waals surface area contributed by atoms with Gasteiger partial charge in [-0.1, -0.05) is 0 Å². The fraction of sp³-hybridized carbons (Fsp3) is 0.280. The number of halogens is 3. The molecule has 1 fully saturated rings. The summed E-state index contributed by atoms with van der Waals surface area (Å²) in [7, 11) is 1.84. The molecule has 4 aromatic rings. The van der Waals surface area contributed by atoms with E-state index < -0.39 is 28.5 Å². The number of nitrogens with zero attached hydrogens (tertiary/aromatic N) is 6. The van der Waals surface area contributed by atoms with Gasteiger partial charge < -0.3 is 15.2 Å². The highest BCUT2D eigenvalue weighted by Gasteiger charge is 2.26. The quantitative estimate of drug-likeness (QED) is 0.185. The number of pyridine rings is 1. The van der Waals surface area contributed by atoms with Crippen molar-refractivity contribution in [3.8, 4) is 5.69 Å². The summed E-state index contributed by atoms with van der Waals surface area (Å²) in [5.74, 6) is -1.71. The molecule has 3 aromatic heterocycles. The number of benzene rings is 1. The maximum absolute atomic E-state index is 13.6. The molecule has 198 valence electrons. The van der Waals surface area contributed by atoms with Crippen LogP contribution in [0.25, 0.3) is 5.69 Å². The Morgan fingerprint density at radius 2 is 2.00 bits per heavy atom. The topological polar surface area (TPSA) is 129 Å². The summed E-state index contributed by atoms with van der Waals surface area (Å²) in [6.45, 7) is 1.55. The first-order valence-electron chi connectivity index (χ1n) is 11.6. The Morgan fingerprint density at radius 3 is 2.63 bits per heavy atom. The SMILES string of the molecule is C[C@@H](O)c1cc(F)ccc1-n1nccc1C(=O)c1cc(CC2CC2)n(C)n1.O=[N+]([O-])c1ncc(Br)cc1F. The molecule has 0 aliphatic heterocycles. The summed E-state index contributed by atoms with van der Waals surface area (Å²) < 4.78 is 29.7. The van der Waals surface area contributed by atoms with E-state index >= 15 is 0 Å². The van der Waals surface area contributed by atoms with Gasteiger partial charge in [0.05, 0.1) is 22.5 Å². The van der Waals surface area contributed by atoms with Gasteiger partial charge in [-0.05, 0) is 88.3 Å². The number of aromatic nitrogens is 5. The van der Waals surface area contributed by atoms with E-state index in [1.807, 2.05) is 13.1 Å². The molecule has 1 aromatic carbocycles. The summed E-state index contributed by atoms with van der Waals surface area (Å²) in [4.78, 5) is 25.4. The number of ketones is 1. The monoisotopic (exact) mass is 588 g/mol. The van der Waals surface area contributed by atoms with E-state index in [9.17, 15) is 28.8 Å². The molecule has 0 amide bonds. The maximum atomic E-state index is 13.6. The molecule has 38 heavy (non-hydrogen) atoms. The molecule has 5 rings (SSSR count). The summed E-state index contributed by atoms with van der Waals surface area (Å²) in [6.07, 6.45) is 5.17. The molecular weight excluding hydrogens is 566 g/mol. The predicted octanol–water partition coefficient (Wildman–Crippen LogP) is 4.87. The fourth-order valence-electron chi connectivity index (χ4n) is 3.82. The Morgan fingerprint density at radius 1 is 1.26 bits per heavy atom. The minimum atomic E-state index is -0.940. The zero-order valence-corrected chi connectivity index (χ0v) is 22.0. The predicted molar refractivity (Wildman–Crippen MR) is 136 cm³/mol. The molecule has 0 radical (unpaired) electrons. The summed E-state index contributed by atoms with van der Waals surface area (Å²) >= 11 is 2.92. The lowest BCUT2D eigenvalue weighted by molar-refractivity contribution is -0.392. The van der Waals surface area contributed by atoms with Crippen LogP contribution in [0.15, 0.2) is 53.3 Å². The molecule has 1 N–H and O–H groups in total. The van der Waals surface area contributed by atoms with Gasteiger partial charge in [0, 0.05) is 24.4 Å². The maximum Gasteiger partial charge on any atom is 0.399 e. The van der Waals surface area contributed by atoms with Crippen LogP contribution in [-0.4, -0.2) is 40.4 Å². The van der Waals surface area contributed by atoms with Crippen LogP contribution in [0.5, 0.6) is 0 Å². The Hall–Kier alpha value is -3.84. The molecule has 0 unspecified atom stereocenters. The first-order chi connectivity index (χ1) is 18.0. The van der Waals surface area contributed by atoms with Crippen LogP contribution in [0.4, 0.5) is 14.6 Å². The molecular formula is C25H23BrF2N6O4. The van der Waals surface area contributed by atoms with E-state index in [-0.39, 0.29) is 5.78 Å². The van der Waals surface area contributed by atoms with Crippen molar-refractivity contribution in [1.82, 2.24) is 24.5 Å². The largest absolute Gasteiger partial charge is 0.399 e. The molecule has 0 spiro atoms. The van der Waals surface area contributed by atoms with Gasteiger partial charge in [0.25, 0.3) is 0 Å². The zero-order valence-electron chi connectivity index (χ0n) is 20.4. The Kier molecular flexibility index (Phi) is 8.07. The first kappa shape index (κ1) is 27.2. The van der Waals surface area contributed by atoms with Gasteiger partial charge in [-0.15, -0.1) is 0 Å². The second-order valence-corrected chi connectivity index (χ2v) is 9.76. The molecule has 1 aliphatic carbocycles. The lowest BCUT2D eigenvalue weighted by Crippen LogP contribution is -2.13. The number of rotatable bonds is 7. The third kappa shape index (κ3) is 6.17. The molecule has 1 aliphatic rings. The van der Waals surface area contributed by atoms with Gasteiger partial charge in [0.2, 0.25) is 11.6 Å². The standard InChI is InChI=1S/C20H21FN4O2.C5H2BrFN2O2/c1-12(26)16-10-14(21)5-6-18(16)25-19(7-8-22-25)20(27)17-11-15(24(2)23-17)9-13-3-4-13;6-3-1-4(7)5(8-2-3)9(10)11/h5-8,10-13,26H,3-4,9H2,1-2H3;1-2H/t12-;/m1./s1. The average molecular weight is 589 g/mol. The van der Waals surface area contributed by atoms with Crippen LogP contribution >= 0.6 is 15.9 Å². The fourth-order valence-corrected chi connectivity index (χ4v) is 4.12. The Balaban J connectivity index is 0.000000257. The van der Waals surface area contributed by atoms with Crippen LogP contribution in [0.2, 0.25) is 0 Å². The van der Waals surface area contributed by atoms with Gasteiger partial charge in [-0.2, -0.15) is 14.6 Å². The van der Waals surface area contributed by atoms with Crippen molar-refractivity contribution in [3.05, 3.63) is 97.7 Å². The molecule has 0 bridgehead atoms.